The van der Waals surface area contributed by atoms with E-state index in [9.17, 15) is 4.79 Å². The van der Waals surface area contributed by atoms with Crippen molar-refractivity contribution in [3.05, 3.63) is 47.9 Å². The lowest BCUT2D eigenvalue weighted by molar-refractivity contribution is -0.113. The van der Waals surface area contributed by atoms with E-state index in [0.717, 1.165) is 41.0 Å². The molecule has 3 rings (SSSR count). The van der Waals surface area contributed by atoms with Gasteiger partial charge in [0.25, 0.3) is 0 Å². The second-order valence-corrected chi connectivity index (χ2v) is 7.52. The summed E-state index contributed by atoms with van der Waals surface area (Å²) in [7, 11) is 0. The second-order valence-electron chi connectivity index (χ2n) is 6.58. The third-order valence-electron chi connectivity index (χ3n) is 4.52. The molecule has 0 bridgehead atoms. The number of benzene rings is 1. The topological polar surface area (TPSA) is 73.0 Å². The van der Waals surface area contributed by atoms with Crippen LogP contribution in [0.3, 0.4) is 0 Å². The molecule has 1 N–H and O–H groups in total. The molecule has 0 spiro atoms. The molecule has 0 aliphatic rings. The molecule has 0 radical (unpaired) electrons. The van der Waals surface area contributed by atoms with Gasteiger partial charge in [-0.15, -0.1) is 10.2 Å². The van der Waals surface area contributed by atoms with Gasteiger partial charge in [0.1, 0.15) is 5.76 Å². The fraction of sp³-hybridized carbons (Fsp3) is 0.381. The quantitative estimate of drug-likeness (QED) is 0.517. The van der Waals surface area contributed by atoms with Crippen LogP contribution in [0.2, 0.25) is 0 Å². The molecular weight excluding hydrogens is 372 g/mol. The number of rotatable bonds is 9. The predicted octanol–water partition coefficient (Wildman–Crippen LogP) is 4.94. The summed E-state index contributed by atoms with van der Waals surface area (Å²) in [6, 6.07) is 9.96. The lowest BCUT2D eigenvalue weighted by atomic mass is 10.1. The van der Waals surface area contributed by atoms with Gasteiger partial charge in [0, 0.05) is 12.2 Å². The Balaban J connectivity index is 1.59. The van der Waals surface area contributed by atoms with Crippen LogP contribution in [0.1, 0.15) is 38.0 Å². The predicted molar refractivity (Wildman–Crippen MR) is 113 cm³/mol. The average molecular weight is 399 g/mol. The first-order chi connectivity index (χ1) is 13.6. The fourth-order valence-corrected chi connectivity index (χ4v) is 3.76. The smallest absolute Gasteiger partial charge is 0.234 e. The normalized spacial score (nSPS) is 11.0. The first-order valence-electron chi connectivity index (χ1n) is 9.61. The van der Waals surface area contributed by atoms with Gasteiger partial charge in [-0.05, 0) is 50.5 Å². The van der Waals surface area contributed by atoms with Crippen LogP contribution >= 0.6 is 11.8 Å². The number of aromatic nitrogens is 3. The van der Waals surface area contributed by atoms with Gasteiger partial charge < -0.3 is 14.3 Å². The largest absolute Gasteiger partial charge is 0.469 e. The Morgan fingerprint density at radius 2 is 1.96 bits per heavy atom. The minimum Gasteiger partial charge on any atom is -0.469 e. The van der Waals surface area contributed by atoms with Crippen molar-refractivity contribution in [1.29, 1.82) is 0 Å². The number of anilines is 1. The molecule has 0 aliphatic heterocycles. The molecular formula is C21H26N4O2S. The SMILES string of the molecule is CCCCc1ccc(NC(=O)CSc2nnc(-c3ccoc3C)n2CC)cc1. The maximum absolute atomic E-state index is 12.3. The summed E-state index contributed by atoms with van der Waals surface area (Å²) in [6.45, 7) is 6.84. The Morgan fingerprint density at radius 3 is 2.61 bits per heavy atom. The van der Waals surface area contributed by atoms with Crippen molar-refractivity contribution in [3.8, 4) is 11.4 Å². The van der Waals surface area contributed by atoms with Gasteiger partial charge in [0.05, 0.1) is 17.6 Å². The van der Waals surface area contributed by atoms with Crippen molar-refractivity contribution >= 4 is 23.4 Å². The molecule has 0 fully saturated rings. The van der Waals surface area contributed by atoms with Gasteiger partial charge in [0.2, 0.25) is 5.91 Å². The maximum Gasteiger partial charge on any atom is 0.234 e. The number of hydrogen-bond donors (Lipinski definition) is 1. The van der Waals surface area contributed by atoms with Crippen molar-refractivity contribution in [1.82, 2.24) is 14.8 Å². The van der Waals surface area contributed by atoms with E-state index in [4.69, 9.17) is 4.42 Å². The maximum atomic E-state index is 12.3. The van der Waals surface area contributed by atoms with E-state index in [1.54, 1.807) is 6.26 Å². The number of thioether (sulfide) groups is 1. The monoisotopic (exact) mass is 398 g/mol. The van der Waals surface area contributed by atoms with Crippen LogP contribution in [0.25, 0.3) is 11.4 Å². The van der Waals surface area contributed by atoms with Gasteiger partial charge in [-0.3, -0.25) is 4.79 Å². The highest BCUT2D eigenvalue weighted by molar-refractivity contribution is 7.99. The van der Waals surface area contributed by atoms with E-state index < -0.39 is 0 Å². The lowest BCUT2D eigenvalue weighted by Gasteiger charge is -2.08. The molecule has 1 amide bonds. The zero-order valence-corrected chi connectivity index (χ0v) is 17.4. The number of furan rings is 1. The fourth-order valence-electron chi connectivity index (χ4n) is 2.96. The highest BCUT2D eigenvalue weighted by Crippen LogP contribution is 2.27. The van der Waals surface area contributed by atoms with E-state index in [1.165, 1.54) is 30.2 Å². The molecule has 3 aromatic rings. The van der Waals surface area contributed by atoms with E-state index in [1.807, 2.05) is 36.6 Å². The molecule has 0 saturated carbocycles. The highest BCUT2D eigenvalue weighted by Gasteiger charge is 2.17. The van der Waals surface area contributed by atoms with Crippen molar-refractivity contribution in [3.63, 3.8) is 0 Å². The summed E-state index contributed by atoms with van der Waals surface area (Å²) in [5.41, 5.74) is 3.04. The van der Waals surface area contributed by atoms with Gasteiger partial charge >= 0.3 is 0 Å². The van der Waals surface area contributed by atoms with E-state index in [-0.39, 0.29) is 11.7 Å². The first-order valence-corrected chi connectivity index (χ1v) is 10.6. The summed E-state index contributed by atoms with van der Waals surface area (Å²) in [4.78, 5) is 12.3. The molecule has 6 nitrogen and oxygen atoms in total. The first kappa shape index (κ1) is 20.2. The van der Waals surface area contributed by atoms with Crippen LogP contribution < -0.4 is 5.32 Å². The number of nitrogens with one attached hydrogen (secondary N) is 1. The molecule has 7 heteroatoms. The number of carbonyl (C=O) groups is 1. The number of hydrogen-bond acceptors (Lipinski definition) is 5. The van der Waals surface area contributed by atoms with E-state index in [0.29, 0.717) is 0 Å². The van der Waals surface area contributed by atoms with Gasteiger partial charge in [-0.1, -0.05) is 37.2 Å². The van der Waals surface area contributed by atoms with Crippen LogP contribution in [0.5, 0.6) is 0 Å². The summed E-state index contributed by atoms with van der Waals surface area (Å²) < 4.78 is 7.37. The van der Waals surface area contributed by atoms with Crippen LogP contribution in [-0.4, -0.2) is 26.4 Å². The molecule has 2 aromatic heterocycles. The van der Waals surface area contributed by atoms with Gasteiger partial charge in [0.15, 0.2) is 11.0 Å². The molecule has 0 atom stereocenters. The molecule has 0 saturated heterocycles. The number of amides is 1. The summed E-state index contributed by atoms with van der Waals surface area (Å²) >= 11 is 1.38. The summed E-state index contributed by atoms with van der Waals surface area (Å²) in [5.74, 6) is 1.79. The minimum atomic E-state index is -0.0574. The Labute approximate surface area is 169 Å². The van der Waals surface area contributed by atoms with E-state index in [2.05, 4.69) is 34.6 Å². The Kier molecular flexibility index (Phi) is 6.92. The van der Waals surface area contributed by atoms with Crippen molar-refractivity contribution in [2.45, 2.75) is 51.7 Å². The number of unbranched alkanes of at least 4 members (excludes halogenated alkanes) is 1. The van der Waals surface area contributed by atoms with Gasteiger partial charge in [-0.25, -0.2) is 0 Å². The third-order valence-corrected chi connectivity index (χ3v) is 5.49. The van der Waals surface area contributed by atoms with Crippen LogP contribution in [0.4, 0.5) is 5.69 Å². The number of carbonyl (C=O) groups excluding carboxylic acids is 1. The summed E-state index contributed by atoms with van der Waals surface area (Å²) in [5, 5.41) is 12.2. The van der Waals surface area contributed by atoms with Gasteiger partial charge in [-0.2, -0.15) is 0 Å². The molecule has 0 unspecified atom stereocenters. The van der Waals surface area contributed by atoms with Crippen molar-refractivity contribution in [2.24, 2.45) is 0 Å². The Hall–Kier alpha value is -2.54. The molecule has 1 aromatic carbocycles. The zero-order chi connectivity index (χ0) is 19.9. The van der Waals surface area contributed by atoms with Crippen molar-refractivity contribution in [2.75, 3.05) is 11.1 Å². The standard InChI is InChI=1S/C21H26N4O2S/c1-4-6-7-16-8-10-17(11-9-16)22-19(26)14-28-21-24-23-20(25(21)5-2)18-12-13-27-15(18)3/h8-13H,4-7,14H2,1-3H3,(H,22,26). The van der Waals surface area contributed by atoms with Crippen LogP contribution in [0, 0.1) is 6.92 Å². The molecule has 28 heavy (non-hydrogen) atoms. The Bertz CT molecular complexity index is 915. The summed E-state index contributed by atoms with van der Waals surface area (Å²) in [6.07, 6.45) is 5.08. The molecule has 2 heterocycles. The number of aryl methyl sites for hydroxylation is 2. The van der Waals surface area contributed by atoms with Crippen LogP contribution in [0.15, 0.2) is 46.2 Å². The molecule has 148 valence electrons. The van der Waals surface area contributed by atoms with Crippen LogP contribution in [-0.2, 0) is 17.8 Å². The zero-order valence-electron chi connectivity index (χ0n) is 16.6. The van der Waals surface area contributed by atoms with Crippen molar-refractivity contribution < 1.29 is 9.21 Å². The second kappa shape index (κ2) is 9.59. The lowest BCUT2D eigenvalue weighted by Crippen LogP contribution is -2.14. The Morgan fingerprint density at radius 1 is 1.18 bits per heavy atom. The average Bonchev–Trinajstić information content (AvgIpc) is 3.30. The number of nitrogens with zero attached hydrogens (tertiary/aromatic N) is 3. The minimum absolute atomic E-state index is 0.0574. The molecule has 0 aliphatic carbocycles. The van der Waals surface area contributed by atoms with E-state index >= 15 is 0 Å². The third kappa shape index (κ3) is 4.84. The highest BCUT2D eigenvalue weighted by atomic mass is 32.2.